The number of hydrogen-bond acceptors (Lipinski definition) is 5. The molecule has 0 heterocycles. The highest BCUT2D eigenvalue weighted by molar-refractivity contribution is 5.87. The van der Waals surface area contributed by atoms with Gasteiger partial charge in [0.25, 0.3) is 0 Å². The summed E-state index contributed by atoms with van der Waals surface area (Å²) in [5.41, 5.74) is -0.236. The van der Waals surface area contributed by atoms with Gasteiger partial charge in [-0.3, -0.25) is 0 Å². The van der Waals surface area contributed by atoms with Crippen molar-refractivity contribution in [3.05, 3.63) is 24.3 Å². The van der Waals surface area contributed by atoms with Crippen LogP contribution in [0, 0.1) is 11.8 Å². The maximum Gasteiger partial charge on any atom is 0.333 e. The standard InChI is InChI=1S/C14H20O3.C10H16O2/c1-9(2)12(15)17-14-6-10-3-11(7-14)5-13(16,4-10)8-14;1-8(2)9(11)12-10(3)6-4-5-7-10/h10-11,16H,1,3-8H2,2H3;1,4-7H2,2-3H3. The first-order valence-electron chi connectivity index (χ1n) is 10.9. The van der Waals surface area contributed by atoms with E-state index in [1.807, 2.05) is 6.92 Å². The molecule has 162 valence electrons. The molecule has 0 aromatic rings. The summed E-state index contributed by atoms with van der Waals surface area (Å²) in [4.78, 5) is 22.9. The van der Waals surface area contributed by atoms with E-state index in [9.17, 15) is 14.7 Å². The average molecular weight is 405 g/mol. The molecule has 0 spiro atoms. The number of hydrogen-bond donors (Lipinski definition) is 1. The second kappa shape index (κ2) is 7.90. The zero-order chi connectivity index (χ0) is 21.4. The molecule has 5 rings (SSSR count). The first kappa shape index (κ1) is 22.1. The van der Waals surface area contributed by atoms with Crippen molar-refractivity contribution in [3.8, 4) is 0 Å². The van der Waals surface area contributed by atoms with E-state index in [-0.39, 0.29) is 17.5 Å². The van der Waals surface area contributed by atoms with Gasteiger partial charge in [-0.2, -0.15) is 0 Å². The highest BCUT2D eigenvalue weighted by Gasteiger charge is 2.59. The molecule has 2 atom stereocenters. The van der Waals surface area contributed by atoms with Crippen molar-refractivity contribution in [2.24, 2.45) is 11.8 Å². The first-order chi connectivity index (χ1) is 13.4. The monoisotopic (exact) mass is 404 g/mol. The van der Waals surface area contributed by atoms with Gasteiger partial charge in [0.05, 0.1) is 5.60 Å². The predicted molar refractivity (Wildman–Crippen MR) is 111 cm³/mol. The van der Waals surface area contributed by atoms with Crippen molar-refractivity contribution < 1.29 is 24.2 Å². The lowest BCUT2D eigenvalue weighted by molar-refractivity contribution is -0.217. The number of rotatable bonds is 4. The van der Waals surface area contributed by atoms with E-state index in [2.05, 4.69) is 13.2 Å². The Labute approximate surface area is 174 Å². The second-order valence-corrected chi connectivity index (χ2v) is 10.4. The average Bonchev–Trinajstić information content (AvgIpc) is 2.98. The normalized spacial score (nSPS) is 36.0. The molecule has 0 aromatic heterocycles. The van der Waals surface area contributed by atoms with Gasteiger partial charge in [-0.25, -0.2) is 9.59 Å². The van der Waals surface area contributed by atoms with Crippen LogP contribution in [0.3, 0.4) is 0 Å². The SMILES string of the molecule is C=C(C)C(=O)OC1(C)CCCC1.C=C(C)C(=O)OC12CC3CC(CC(O)(C3)C1)C2. The van der Waals surface area contributed by atoms with Crippen LogP contribution in [0.15, 0.2) is 24.3 Å². The summed E-state index contributed by atoms with van der Waals surface area (Å²) in [7, 11) is 0. The Bertz CT molecular complexity index is 686. The molecule has 0 radical (unpaired) electrons. The molecular weight excluding hydrogens is 368 g/mol. The van der Waals surface area contributed by atoms with Crippen LogP contribution in [-0.4, -0.2) is 33.8 Å². The molecular formula is C24H36O5. The third-order valence-corrected chi connectivity index (χ3v) is 6.98. The van der Waals surface area contributed by atoms with Crippen LogP contribution in [-0.2, 0) is 19.1 Å². The van der Waals surface area contributed by atoms with Gasteiger partial charge < -0.3 is 14.6 Å². The van der Waals surface area contributed by atoms with Crippen molar-refractivity contribution in [2.45, 2.75) is 102 Å². The van der Waals surface area contributed by atoms with Crippen molar-refractivity contribution >= 4 is 11.9 Å². The topological polar surface area (TPSA) is 72.8 Å². The zero-order valence-electron chi connectivity index (χ0n) is 18.2. The lowest BCUT2D eigenvalue weighted by atomic mass is 9.52. The molecule has 0 saturated heterocycles. The maximum atomic E-state index is 11.7. The quantitative estimate of drug-likeness (QED) is 0.546. The minimum atomic E-state index is -0.570. The highest BCUT2D eigenvalue weighted by atomic mass is 16.6. The van der Waals surface area contributed by atoms with E-state index in [0.717, 1.165) is 38.5 Å². The third kappa shape index (κ3) is 5.11. The highest BCUT2D eigenvalue weighted by Crippen LogP contribution is 2.58. The van der Waals surface area contributed by atoms with Crippen LogP contribution in [0.1, 0.15) is 85.0 Å². The number of ether oxygens (including phenoxy) is 2. The number of aliphatic hydroxyl groups is 1. The smallest absolute Gasteiger partial charge is 0.333 e. The van der Waals surface area contributed by atoms with Crippen LogP contribution in [0.25, 0.3) is 0 Å². The van der Waals surface area contributed by atoms with Crippen LogP contribution < -0.4 is 0 Å². The van der Waals surface area contributed by atoms with Crippen LogP contribution >= 0.6 is 0 Å². The molecule has 5 nitrogen and oxygen atoms in total. The van der Waals surface area contributed by atoms with Crippen LogP contribution in [0.4, 0.5) is 0 Å². The second-order valence-electron chi connectivity index (χ2n) is 10.4. The first-order valence-corrected chi connectivity index (χ1v) is 10.9. The third-order valence-electron chi connectivity index (χ3n) is 6.98. The lowest BCUT2D eigenvalue weighted by Gasteiger charge is -2.59. The van der Waals surface area contributed by atoms with E-state index in [0.29, 0.717) is 29.4 Å². The summed E-state index contributed by atoms with van der Waals surface area (Å²) >= 11 is 0. The molecule has 1 N–H and O–H groups in total. The molecule has 0 aromatic carbocycles. The van der Waals surface area contributed by atoms with Gasteiger partial charge in [0, 0.05) is 17.6 Å². The predicted octanol–water partition coefficient (Wildman–Crippen LogP) is 4.63. The molecule has 4 bridgehead atoms. The number of carbonyl (C=O) groups is 2. The van der Waals surface area contributed by atoms with Crippen molar-refractivity contribution in [1.29, 1.82) is 0 Å². The number of esters is 2. The van der Waals surface area contributed by atoms with Crippen molar-refractivity contribution in [1.82, 2.24) is 0 Å². The van der Waals surface area contributed by atoms with Gasteiger partial charge in [-0.05, 0) is 90.4 Å². The Hall–Kier alpha value is -1.62. The lowest BCUT2D eigenvalue weighted by Crippen LogP contribution is -2.60. The fourth-order valence-electron chi connectivity index (χ4n) is 6.07. The Morgan fingerprint density at radius 3 is 1.83 bits per heavy atom. The summed E-state index contributed by atoms with van der Waals surface area (Å²) in [5.74, 6) is 0.535. The van der Waals surface area contributed by atoms with Gasteiger partial charge >= 0.3 is 11.9 Å². The molecule has 5 aliphatic carbocycles. The molecule has 5 fully saturated rings. The minimum Gasteiger partial charge on any atom is -0.456 e. The number of carbonyl (C=O) groups excluding carboxylic acids is 2. The Morgan fingerprint density at radius 2 is 1.38 bits per heavy atom. The van der Waals surface area contributed by atoms with E-state index < -0.39 is 11.2 Å². The van der Waals surface area contributed by atoms with Gasteiger partial charge in [0.1, 0.15) is 11.2 Å². The molecule has 5 saturated carbocycles. The zero-order valence-corrected chi connectivity index (χ0v) is 18.2. The molecule has 29 heavy (non-hydrogen) atoms. The molecule has 0 aliphatic heterocycles. The molecule has 5 heteroatoms. The van der Waals surface area contributed by atoms with Gasteiger partial charge in [-0.1, -0.05) is 13.2 Å². The fraction of sp³-hybridized carbons (Fsp3) is 0.750. The molecule has 5 aliphatic rings. The summed E-state index contributed by atoms with van der Waals surface area (Å²) in [6, 6.07) is 0. The van der Waals surface area contributed by atoms with Crippen LogP contribution in [0.5, 0.6) is 0 Å². The van der Waals surface area contributed by atoms with Gasteiger partial charge in [0.15, 0.2) is 0 Å². The van der Waals surface area contributed by atoms with Crippen LogP contribution in [0.2, 0.25) is 0 Å². The van der Waals surface area contributed by atoms with Gasteiger partial charge in [0.2, 0.25) is 0 Å². The Balaban J connectivity index is 0.000000177. The maximum absolute atomic E-state index is 11.7. The fourth-order valence-corrected chi connectivity index (χ4v) is 6.07. The van der Waals surface area contributed by atoms with Crippen molar-refractivity contribution in [3.63, 3.8) is 0 Å². The van der Waals surface area contributed by atoms with E-state index >= 15 is 0 Å². The Kier molecular flexibility index (Phi) is 6.01. The molecule has 2 unspecified atom stereocenters. The summed E-state index contributed by atoms with van der Waals surface area (Å²) in [6.07, 6.45) is 9.82. The van der Waals surface area contributed by atoms with E-state index in [4.69, 9.17) is 9.47 Å². The summed E-state index contributed by atoms with van der Waals surface area (Å²) in [6.45, 7) is 12.5. The van der Waals surface area contributed by atoms with E-state index in [1.54, 1.807) is 13.8 Å². The minimum absolute atomic E-state index is 0.212. The van der Waals surface area contributed by atoms with Gasteiger partial charge in [-0.15, -0.1) is 0 Å². The largest absolute Gasteiger partial charge is 0.456 e. The molecule has 0 amide bonds. The summed E-state index contributed by atoms with van der Waals surface area (Å²) < 4.78 is 11.0. The van der Waals surface area contributed by atoms with E-state index in [1.165, 1.54) is 19.3 Å². The summed E-state index contributed by atoms with van der Waals surface area (Å²) in [5, 5.41) is 10.5. The van der Waals surface area contributed by atoms with Crippen molar-refractivity contribution in [2.75, 3.05) is 0 Å². The Morgan fingerprint density at radius 1 is 0.897 bits per heavy atom.